The van der Waals surface area contributed by atoms with Gasteiger partial charge in [0.2, 0.25) is 0 Å². The number of hydrogen-bond acceptors (Lipinski definition) is 5. The van der Waals surface area contributed by atoms with Gasteiger partial charge in [-0.25, -0.2) is 4.79 Å². The van der Waals surface area contributed by atoms with Crippen molar-refractivity contribution in [3.8, 4) is 0 Å². The number of esters is 1. The van der Waals surface area contributed by atoms with Crippen LogP contribution < -0.4 is 5.32 Å². The predicted molar refractivity (Wildman–Crippen MR) is 130 cm³/mol. The van der Waals surface area contributed by atoms with Crippen LogP contribution in [0.4, 0.5) is 18.9 Å². The fourth-order valence-corrected chi connectivity index (χ4v) is 5.15. The van der Waals surface area contributed by atoms with Crippen LogP contribution in [-0.2, 0) is 15.7 Å². The molecule has 0 aromatic heterocycles. The van der Waals surface area contributed by atoms with Gasteiger partial charge in [-0.05, 0) is 66.9 Å². The van der Waals surface area contributed by atoms with Crippen LogP contribution in [0, 0.1) is 0 Å². The minimum absolute atomic E-state index is 0.0886. The molecule has 5 rings (SSSR count). The highest BCUT2D eigenvalue weighted by Crippen LogP contribution is 2.53. The van der Waals surface area contributed by atoms with Crippen LogP contribution >= 0.6 is 0 Å². The summed E-state index contributed by atoms with van der Waals surface area (Å²) in [4.78, 5) is 53.6. The van der Waals surface area contributed by atoms with Gasteiger partial charge in [-0.2, -0.15) is 13.2 Å². The molecule has 0 spiro atoms. The highest BCUT2D eigenvalue weighted by atomic mass is 19.4. The van der Waals surface area contributed by atoms with Crippen molar-refractivity contribution >= 4 is 29.4 Å². The van der Waals surface area contributed by atoms with Gasteiger partial charge in [0.1, 0.15) is 5.54 Å². The van der Waals surface area contributed by atoms with Gasteiger partial charge in [-0.3, -0.25) is 19.3 Å². The van der Waals surface area contributed by atoms with E-state index in [0.717, 1.165) is 29.2 Å². The molecule has 38 heavy (non-hydrogen) atoms. The number of halogens is 3. The SMILES string of the molecule is COC(=O)c1ccc([C@H]2CC[C@]2(C(=O)Nc2ccc(C(F)(F)F)cc2)N2C(=O)c3ccccc3C2=O)cc1. The van der Waals surface area contributed by atoms with Crippen molar-refractivity contribution in [2.45, 2.75) is 30.5 Å². The second-order valence-corrected chi connectivity index (χ2v) is 9.15. The third kappa shape index (κ3) is 3.93. The molecule has 7 nitrogen and oxygen atoms in total. The Hall–Kier alpha value is -4.47. The average Bonchev–Trinajstić information content (AvgIpc) is 3.14. The lowest BCUT2D eigenvalue weighted by Gasteiger charge is -2.52. The average molecular weight is 522 g/mol. The summed E-state index contributed by atoms with van der Waals surface area (Å²) < 4.78 is 43.7. The van der Waals surface area contributed by atoms with E-state index < -0.39 is 46.9 Å². The number of nitrogens with zero attached hydrogens (tertiary/aromatic N) is 1. The normalized spacial score (nSPS) is 20.5. The monoisotopic (exact) mass is 522 g/mol. The number of hydrogen-bond donors (Lipinski definition) is 1. The van der Waals surface area contributed by atoms with E-state index in [2.05, 4.69) is 5.32 Å². The van der Waals surface area contributed by atoms with Crippen molar-refractivity contribution in [1.29, 1.82) is 0 Å². The van der Waals surface area contributed by atoms with E-state index in [4.69, 9.17) is 4.74 Å². The maximum atomic E-state index is 13.9. The smallest absolute Gasteiger partial charge is 0.416 e. The van der Waals surface area contributed by atoms with Gasteiger partial charge in [0, 0.05) is 11.6 Å². The number of anilines is 1. The number of imide groups is 1. The minimum atomic E-state index is -4.54. The second kappa shape index (κ2) is 9.13. The Kier molecular flexibility index (Phi) is 6.05. The van der Waals surface area contributed by atoms with Crippen LogP contribution in [0.3, 0.4) is 0 Å². The van der Waals surface area contributed by atoms with E-state index in [1.54, 1.807) is 24.3 Å². The van der Waals surface area contributed by atoms with Gasteiger partial charge >= 0.3 is 12.1 Å². The number of alkyl halides is 3. The first-order valence-electron chi connectivity index (χ1n) is 11.7. The quantitative estimate of drug-likeness (QED) is 0.374. The molecule has 1 saturated carbocycles. The highest BCUT2D eigenvalue weighted by molar-refractivity contribution is 6.24. The molecule has 0 unspecified atom stereocenters. The van der Waals surface area contributed by atoms with E-state index >= 15 is 0 Å². The minimum Gasteiger partial charge on any atom is -0.465 e. The van der Waals surface area contributed by atoms with Crippen LogP contribution in [-0.4, -0.2) is 41.2 Å². The van der Waals surface area contributed by atoms with Crippen molar-refractivity contribution in [1.82, 2.24) is 4.90 Å². The molecule has 1 fully saturated rings. The number of methoxy groups -OCH3 is 1. The summed E-state index contributed by atoms with van der Waals surface area (Å²) in [5, 5.41) is 2.62. The largest absolute Gasteiger partial charge is 0.465 e. The molecule has 1 heterocycles. The summed E-state index contributed by atoms with van der Waals surface area (Å²) in [5.74, 6) is -3.10. The van der Waals surface area contributed by atoms with Crippen LogP contribution in [0.15, 0.2) is 72.8 Å². The number of fused-ring (bicyclic) bond motifs is 1. The molecule has 1 aliphatic carbocycles. The van der Waals surface area contributed by atoms with Gasteiger partial charge in [0.05, 0.1) is 29.4 Å². The van der Waals surface area contributed by atoms with Gasteiger partial charge in [0.15, 0.2) is 0 Å². The van der Waals surface area contributed by atoms with E-state index in [1.807, 2.05) is 0 Å². The summed E-state index contributed by atoms with van der Waals surface area (Å²) in [6, 6.07) is 16.5. The molecule has 2 aliphatic rings. The Morgan fingerprint density at radius 3 is 1.97 bits per heavy atom. The second-order valence-electron chi connectivity index (χ2n) is 9.15. The Morgan fingerprint density at radius 2 is 1.50 bits per heavy atom. The number of amides is 3. The summed E-state index contributed by atoms with van der Waals surface area (Å²) in [7, 11) is 1.25. The first-order valence-corrected chi connectivity index (χ1v) is 11.7. The van der Waals surface area contributed by atoms with Gasteiger partial charge in [-0.15, -0.1) is 0 Å². The zero-order valence-electron chi connectivity index (χ0n) is 20.0. The lowest BCUT2D eigenvalue weighted by atomic mass is 9.61. The molecule has 0 saturated heterocycles. The number of nitrogens with one attached hydrogen (secondary N) is 1. The molecular weight excluding hydrogens is 501 g/mol. The molecule has 3 amide bonds. The standard InChI is InChI=1S/C28H21F3N2O5/c1-38-25(36)17-8-6-16(7-9-17)22-14-15-27(22,33-23(34)20-4-2-3-5-21(20)24(33)35)26(37)32-19-12-10-18(11-13-19)28(29,30)31/h2-13,22H,14-15H2,1H3,(H,32,37)/t22-,27+/m1/s1. The number of carbonyl (C=O) groups is 4. The summed E-state index contributed by atoms with van der Waals surface area (Å²) in [6.07, 6.45) is -3.95. The summed E-state index contributed by atoms with van der Waals surface area (Å²) >= 11 is 0. The Labute approximate surface area is 215 Å². The number of benzene rings is 3. The maximum absolute atomic E-state index is 13.9. The first kappa shape index (κ1) is 25.2. The van der Waals surface area contributed by atoms with Crippen molar-refractivity contribution in [2.24, 2.45) is 0 Å². The number of carbonyl (C=O) groups excluding carboxylic acids is 4. The summed E-state index contributed by atoms with van der Waals surface area (Å²) in [5.41, 5.74) is -1.18. The number of rotatable bonds is 5. The molecule has 2 atom stereocenters. The molecule has 10 heteroatoms. The van der Waals surface area contributed by atoms with Crippen molar-refractivity contribution in [2.75, 3.05) is 12.4 Å². The van der Waals surface area contributed by atoms with Gasteiger partial charge < -0.3 is 10.1 Å². The van der Waals surface area contributed by atoms with E-state index in [1.165, 1.54) is 31.4 Å². The zero-order chi connectivity index (χ0) is 27.2. The Morgan fingerprint density at radius 1 is 0.921 bits per heavy atom. The molecule has 3 aromatic rings. The predicted octanol–water partition coefficient (Wildman–Crippen LogP) is 5.04. The molecule has 1 N–H and O–H groups in total. The van der Waals surface area contributed by atoms with Crippen molar-refractivity contribution < 1.29 is 37.1 Å². The maximum Gasteiger partial charge on any atom is 0.416 e. The molecule has 3 aromatic carbocycles. The van der Waals surface area contributed by atoms with E-state index in [-0.39, 0.29) is 28.8 Å². The van der Waals surface area contributed by atoms with E-state index in [9.17, 15) is 32.3 Å². The molecule has 194 valence electrons. The van der Waals surface area contributed by atoms with Crippen LogP contribution in [0.2, 0.25) is 0 Å². The third-order valence-corrected chi connectivity index (χ3v) is 7.18. The molecule has 0 radical (unpaired) electrons. The van der Waals surface area contributed by atoms with Crippen molar-refractivity contribution in [3.05, 3.63) is 101 Å². The van der Waals surface area contributed by atoms with Crippen LogP contribution in [0.1, 0.15) is 61.0 Å². The first-order chi connectivity index (χ1) is 18.1. The van der Waals surface area contributed by atoms with E-state index in [0.29, 0.717) is 12.0 Å². The molecular formula is C28H21F3N2O5. The fraction of sp³-hybridized carbons (Fsp3) is 0.214. The van der Waals surface area contributed by atoms with Gasteiger partial charge in [-0.1, -0.05) is 24.3 Å². The topological polar surface area (TPSA) is 92.8 Å². The van der Waals surface area contributed by atoms with Crippen molar-refractivity contribution in [3.63, 3.8) is 0 Å². The fourth-order valence-electron chi connectivity index (χ4n) is 5.15. The van der Waals surface area contributed by atoms with Gasteiger partial charge in [0.25, 0.3) is 17.7 Å². The Balaban J connectivity index is 1.54. The number of ether oxygens (including phenoxy) is 1. The Bertz CT molecular complexity index is 1420. The van der Waals surface area contributed by atoms with Crippen LogP contribution in [0.5, 0.6) is 0 Å². The summed E-state index contributed by atoms with van der Waals surface area (Å²) in [6.45, 7) is 0. The lowest BCUT2D eigenvalue weighted by Crippen LogP contribution is -2.67. The van der Waals surface area contributed by atoms with Crippen LogP contribution in [0.25, 0.3) is 0 Å². The highest BCUT2D eigenvalue weighted by Gasteiger charge is 2.62. The zero-order valence-corrected chi connectivity index (χ0v) is 20.0. The lowest BCUT2D eigenvalue weighted by molar-refractivity contribution is -0.137. The molecule has 0 bridgehead atoms. The molecule has 1 aliphatic heterocycles. The third-order valence-electron chi connectivity index (χ3n) is 7.18.